The van der Waals surface area contributed by atoms with Gasteiger partial charge in [-0.25, -0.2) is 0 Å². The second-order valence-electron chi connectivity index (χ2n) is 1.95. The lowest BCUT2D eigenvalue weighted by Gasteiger charge is -2.07. The van der Waals surface area contributed by atoms with Crippen LogP contribution in [0.4, 0.5) is 10.2 Å². The molecular formula is C7H9FN2. The molecule has 0 heterocycles. The standard InChI is InChI=1S/C7H9FN2/c1-10(8)9-7-5-3-2-4-6-7/h2-6,9H,1H3. The molecule has 0 aliphatic carbocycles. The van der Waals surface area contributed by atoms with Gasteiger partial charge in [-0.2, -0.15) is 0 Å². The van der Waals surface area contributed by atoms with E-state index in [0.29, 0.717) is 5.23 Å². The van der Waals surface area contributed by atoms with Crippen molar-refractivity contribution in [3.8, 4) is 0 Å². The highest BCUT2D eigenvalue weighted by molar-refractivity contribution is 5.40. The summed E-state index contributed by atoms with van der Waals surface area (Å²) in [5.41, 5.74) is 3.21. The number of hydrogen-bond acceptors (Lipinski definition) is 2. The van der Waals surface area contributed by atoms with Gasteiger partial charge in [-0.3, -0.25) is 5.43 Å². The summed E-state index contributed by atoms with van der Waals surface area (Å²) in [4.78, 5) is 0. The molecule has 0 unspecified atom stereocenters. The zero-order valence-electron chi connectivity index (χ0n) is 5.71. The predicted octanol–water partition coefficient (Wildman–Crippen LogP) is 1.83. The molecule has 2 nitrogen and oxygen atoms in total. The van der Waals surface area contributed by atoms with Crippen molar-refractivity contribution in [3.63, 3.8) is 0 Å². The maximum atomic E-state index is 12.1. The van der Waals surface area contributed by atoms with Crippen LogP contribution < -0.4 is 5.43 Å². The van der Waals surface area contributed by atoms with Crippen molar-refractivity contribution >= 4 is 5.69 Å². The van der Waals surface area contributed by atoms with Crippen LogP contribution in [0.5, 0.6) is 0 Å². The monoisotopic (exact) mass is 140 g/mol. The summed E-state index contributed by atoms with van der Waals surface area (Å²) in [5, 5.41) is 0.412. The van der Waals surface area contributed by atoms with Crippen LogP contribution in [0.15, 0.2) is 30.3 Å². The van der Waals surface area contributed by atoms with E-state index in [0.717, 1.165) is 5.69 Å². The molecule has 0 saturated carbocycles. The maximum Gasteiger partial charge on any atom is 0.0514 e. The van der Waals surface area contributed by atoms with E-state index in [2.05, 4.69) is 5.43 Å². The molecule has 1 rings (SSSR count). The smallest absolute Gasteiger partial charge is 0.0514 e. The second-order valence-corrected chi connectivity index (χ2v) is 1.95. The van der Waals surface area contributed by atoms with Crippen LogP contribution in [0.2, 0.25) is 0 Å². The molecule has 10 heavy (non-hydrogen) atoms. The number of halogens is 1. The fraction of sp³-hybridized carbons (Fsp3) is 0.143. The van der Waals surface area contributed by atoms with Crippen LogP contribution in [-0.2, 0) is 0 Å². The molecule has 1 N–H and O–H groups in total. The quantitative estimate of drug-likeness (QED) is 0.498. The van der Waals surface area contributed by atoms with Crippen LogP contribution in [0.1, 0.15) is 0 Å². The van der Waals surface area contributed by atoms with Gasteiger partial charge in [0.1, 0.15) is 0 Å². The van der Waals surface area contributed by atoms with E-state index in [9.17, 15) is 4.48 Å². The molecule has 54 valence electrons. The van der Waals surface area contributed by atoms with E-state index in [1.807, 2.05) is 18.2 Å². The first-order valence-corrected chi connectivity index (χ1v) is 3.00. The summed E-state index contributed by atoms with van der Waals surface area (Å²) in [7, 11) is 1.30. The van der Waals surface area contributed by atoms with Crippen molar-refractivity contribution < 1.29 is 4.48 Å². The molecule has 0 bridgehead atoms. The fourth-order valence-electron chi connectivity index (χ4n) is 0.691. The number of rotatable bonds is 2. The first kappa shape index (κ1) is 7.02. The minimum atomic E-state index is 0.412. The predicted molar refractivity (Wildman–Crippen MR) is 38.9 cm³/mol. The van der Waals surface area contributed by atoms with E-state index >= 15 is 0 Å². The van der Waals surface area contributed by atoms with Gasteiger partial charge >= 0.3 is 0 Å². The minimum absolute atomic E-state index is 0.412. The molecule has 1 aromatic rings. The molecule has 0 aromatic heterocycles. The minimum Gasteiger partial charge on any atom is -0.292 e. The molecule has 0 aliphatic heterocycles. The molecule has 1 aromatic carbocycles. The number of anilines is 1. The van der Waals surface area contributed by atoms with Gasteiger partial charge in [-0.1, -0.05) is 23.4 Å². The van der Waals surface area contributed by atoms with Crippen molar-refractivity contribution in [1.29, 1.82) is 0 Å². The van der Waals surface area contributed by atoms with Crippen molar-refractivity contribution in [2.75, 3.05) is 12.5 Å². The highest BCUT2D eigenvalue weighted by atomic mass is 19.2. The van der Waals surface area contributed by atoms with E-state index in [1.54, 1.807) is 12.1 Å². The fourth-order valence-corrected chi connectivity index (χ4v) is 0.691. The first-order valence-electron chi connectivity index (χ1n) is 3.00. The number of nitrogens with zero attached hydrogens (tertiary/aromatic N) is 1. The van der Waals surface area contributed by atoms with Gasteiger partial charge in [-0.15, -0.1) is 4.48 Å². The Kier molecular flexibility index (Phi) is 2.23. The maximum absolute atomic E-state index is 12.1. The van der Waals surface area contributed by atoms with Crippen LogP contribution in [0.25, 0.3) is 0 Å². The van der Waals surface area contributed by atoms with Gasteiger partial charge in [0, 0.05) is 7.05 Å². The van der Waals surface area contributed by atoms with E-state index in [-0.39, 0.29) is 0 Å². The van der Waals surface area contributed by atoms with Crippen molar-refractivity contribution in [2.24, 2.45) is 0 Å². The largest absolute Gasteiger partial charge is 0.292 e. The van der Waals surface area contributed by atoms with Gasteiger partial charge in [-0.05, 0) is 12.1 Å². The summed E-state index contributed by atoms with van der Waals surface area (Å²) < 4.78 is 12.1. The summed E-state index contributed by atoms with van der Waals surface area (Å²) in [6.07, 6.45) is 0. The number of hydrazine groups is 1. The lowest BCUT2D eigenvalue weighted by molar-refractivity contribution is 0.0954. The third-order valence-electron chi connectivity index (χ3n) is 1.06. The zero-order chi connectivity index (χ0) is 7.40. The number of benzene rings is 1. The highest BCUT2D eigenvalue weighted by Crippen LogP contribution is 2.04. The van der Waals surface area contributed by atoms with Gasteiger partial charge < -0.3 is 0 Å². The molecule has 0 amide bonds. The highest BCUT2D eigenvalue weighted by Gasteiger charge is 1.90. The molecule has 0 aliphatic rings. The average Bonchev–Trinajstić information content (AvgIpc) is 1.88. The average molecular weight is 140 g/mol. The third-order valence-corrected chi connectivity index (χ3v) is 1.06. The molecular weight excluding hydrogens is 131 g/mol. The Bertz CT molecular complexity index is 186. The summed E-state index contributed by atoms with van der Waals surface area (Å²) in [6, 6.07) is 9.13. The van der Waals surface area contributed by atoms with Crippen LogP contribution in [0.3, 0.4) is 0 Å². The van der Waals surface area contributed by atoms with Crippen molar-refractivity contribution in [3.05, 3.63) is 30.3 Å². The summed E-state index contributed by atoms with van der Waals surface area (Å²) in [5.74, 6) is 0. The Labute approximate surface area is 59.2 Å². The lowest BCUT2D eigenvalue weighted by Crippen LogP contribution is -2.14. The van der Waals surface area contributed by atoms with E-state index in [4.69, 9.17) is 0 Å². The molecule has 3 heteroatoms. The second kappa shape index (κ2) is 3.17. The Balaban J connectivity index is 2.59. The summed E-state index contributed by atoms with van der Waals surface area (Å²) in [6.45, 7) is 0. The van der Waals surface area contributed by atoms with E-state index in [1.165, 1.54) is 7.05 Å². The van der Waals surface area contributed by atoms with Crippen LogP contribution in [0, 0.1) is 0 Å². The molecule has 0 radical (unpaired) electrons. The first-order chi connectivity index (χ1) is 4.79. The number of hydrogen-bond donors (Lipinski definition) is 1. The molecule has 0 saturated heterocycles. The molecule has 0 atom stereocenters. The normalized spacial score (nSPS) is 9.90. The molecule has 0 fully saturated rings. The Hall–Kier alpha value is -1.09. The van der Waals surface area contributed by atoms with Gasteiger partial charge in [0.15, 0.2) is 0 Å². The van der Waals surface area contributed by atoms with Crippen LogP contribution >= 0.6 is 0 Å². The number of nitrogens with one attached hydrogen (secondary N) is 1. The Morgan fingerprint density at radius 1 is 1.30 bits per heavy atom. The van der Waals surface area contributed by atoms with Crippen molar-refractivity contribution in [1.82, 2.24) is 5.23 Å². The summed E-state index contributed by atoms with van der Waals surface area (Å²) >= 11 is 0. The van der Waals surface area contributed by atoms with Gasteiger partial charge in [0.25, 0.3) is 0 Å². The lowest BCUT2D eigenvalue weighted by atomic mass is 10.3. The van der Waals surface area contributed by atoms with Crippen molar-refractivity contribution in [2.45, 2.75) is 0 Å². The van der Waals surface area contributed by atoms with E-state index < -0.39 is 0 Å². The third kappa shape index (κ3) is 2.03. The van der Waals surface area contributed by atoms with Crippen LogP contribution in [-0.4, -0.2) is 12.3 Å². The zero-order valence-corrected chi connectivity index (χ0v) is 5.71. The van der Waals surface area contributed by atoms with Gasteiger partial charge in [0.2, 0.25) is 0 Å². The number of para-hydroxylation sites is 1. The Morgan fingerprint density at radius 2 is 1.90 bits per heavy atom. The molecule has 0 spiro atoms. The Morgan fingerprint density at radius 3 is 2.40 bits per heavy atom. The topological polar surface area (TPSA) is 15.3 Å². The van der Waals surface area contributed by atoms with Gasteiger partial charge in [0.05, 0.1) is 5.69 Å². The SMILES string of the molecule is CN(F)Nc1ccccc1.